The van der Waals surface area contributed by atoms with Crippen LogP contribution in [0.4, 0.5) is 4.79 Å². The van der Waals surface area contributed by atoms with Crippen molar-refractivity contribution < 1.29 is 23.9 Å². The Morgan fingerprint density at radius 1 is 1.17 bits per heavy atom. The number of piperidine rings is 1. The summed E-state index contributed by atoms with van der Waals surface area (Å²) in [6, 6.07) is -0.684. The molecule has 0 radical (unpaired) electrons. The number of amides is 1. The normalized spacial score (nSPS) is 25.9. The van der Waals surface area contributed by atoms with E-state index in [2.05, 4.69) is 20.4 Å². The van der Waals surface area contributed by atoms with Crippen LogP contribution in [0.5, 0.6) is 0 Å². The first-order valence-corrected chi connectivity index (χ1v) is 10.6. The molecule has 1 amide bonds. The zero-order valence-electron chi connectivity index (χ0n) is 18.9. The van der Waals surface area contributed by atoms with Gasteiger partial charge in [-0.1, -0.05) is 19.9 Å². The van der Waals surface area contributed by atoms with E-state index in [0.29, 0.717) is 25.7 Å². The predicted molar refractivity (Wildman–Crippen MR) is 111 cm³/mol. The Bertz CT molecular complexity index is 663. The van der Waals surface area contributed by atoms with Crippen molar-refractivity contribution >= 4 is 17.8 Å². The van der Waals surface area contributed by atoms with E-state index in [1.807, 2.05) is 26.8 Å². The molecule has 164 valence electrons. The second-order valence-electron chi connectivity index (χ2n) is 10.3. The summed E-state index contributed by atoms with van der Waals surface area (Å²) in [7, 11) is 0. The van der Waals surface area contributed by atoms with E-state index < -0.39 is 17.7 Å². The molecule has 2 fully saturated rings. The van der Waals surface area contributed by atoms with Gasteiger partial charge in [-0.3, -0.25) is 9.69 Å². The molecular weight excluding hydrogens is 370 g/mol. The van der Waals surface area contributed by atoms with E-state index in [1.54, 1.807) is 11.8 Å². The summed E-state index contributed by atoms with van der Waals surface area (Å²) in [5, 5.41) is 0. The number of Topliss-reactive ketones (excluding diaryl/α,β-unsaturated/α-hetero) is 1. The maximum Gasteiger partial charge on any atom is 0.411 e. The van der Waals surface area contributed by atoms with Gasteiger partial charge in [0, 0.05) is 18.9 Å². The fourth-order valence-corrected chi connectivity index (χ4v) is 4.49. The van der Waals surface area contributed by atoms with Gasteiger partial charge < -0.3 is 9.47 Å². The molecule has 0 aromatic heterocycles. The molecular formula is C23H37NO5. The summed E-state index contributed by atoms with van der Waals surface area (Å²) in [6.45, 7) is 15.4. The summed E-state index contributed by atoms with van der Waals surface area (Å²) in [4.78, 5) is 39.4. The van der Waals surface area contributed by atoms with Gasteiger partial charge >= 0.3 is 12.1 Å². The lowest BCUT2D eigenvalue weighted by Crippen LogP contribution is -2.46. The molecule has 2 rings (SSSR count). The number of rotatable bonds is 9. The van der Waals surface area contributed by atoms with Crippen molar-refractivity contribution in [1.82, 2.24) is 4.90 Å². The van der Waals surface area contributed by atoms with Crippen LogP contribution < -0.4 is 0 Å². The van der Waals surface area contributed by atoms with Crippen LogP contribution in [0.1, 0.15) is 80.1 Å². The highest BCUT2D eigenvalue weighted by atomic mass is 16.6. The number of hydrogen-bond acceptors (Lipinski definition) is 5. The van der Waals surface area contributed by atoms with Crippen molar-refractivity contribution in [2.24, 2.45) is 10.8 Å². The van der Waals surface area contributed by atoms with Crippen molar-refractivity contribution in [3.8, 4) is 0 Å². The minimum atomic E-state index is -0.636. The highest BCUT2D eigenvalue weighted by Gasteiger charge is 2.67. The largest absolute Gasteiger partial charge is 0.464 e. The van der Waals surface area contributed by atoms with Gasteiger partial charge in [-0.15, -0.1) is 6.58 Å². The summed E-state index contributed by atoms with van der Waals surface area (Å²) in [5.74, 6) is -0.163. The minimum absolute atomic E-state index is 0.0549. The molecule has 0 N–H and O–H groups in total. The van der Waals surface area contributed by atoms with Crippen LogP contribution in [0.2, 0.25) is 0 Å². The zero-order chi connectivity index (χ0) is 22.0. The van der Waals surface area contributed by atoms with Crippen molar-refractivity contribution in [2.75, 3.05) is 6.61 Å². The maximum absolute atomic E-state index is 12.8. The number of likely N-dealkylation sites (tertiary alicyclic amines) is 1. The van der Waals surface area contributed by atoms with Gasteiger partial charge in [0.15, 0.2) is 0 Å². The number of nitrogens with zero attached hydrogens (tertiary/aromatic N) is 1. The Labute approximate surface area is 175 Å². The Hall–Kier alpha value is -1.85. The number of carbonyl (C=O) groups excluding carboxylic acids is 3. The van der Waals surface area contributed by atoms with Crippen LogP contribution in [-0.2, 0) is 19.1 Å². The molecule has 3 atom stereocenters. The molecule has 0 aromatic carbocycles. The van der Waals surface area contributed by atoms with Crippen LogP contribution in [-0.4, -0.2) is 47.0 Å². The van der Waals surface area contributed by atoms with Crippen molar-refractivity contribution in [3.63, 3.8) is 0 Å². The van der Waals surface area contributed by atoms with Gasteiger partial charge in [0.05, 0.1) is 6.61 Å². The smallest absolute Gasteiger partial charge is 0.411 e. The number of fused-ring (bicyclic) bond motifs is 1. The summed E-state index contributed by atoms with van der Waals surface area (Å²) < 4.78 is 10.7. The molecule has 0 bridgehead atoms. The molecule has 1 heterocycles. The molecule has 0 unspecified atom stereocenters. The lowest BCUT2D eigenvalue weighted by atomic mass is 9.82. The van der Waals surface area contributed by atoms with Crippen LogP contribution >= 0.6 is 0 Å². The predicted octanol–water partition coefficient (Wildman–Crippen LogP) is 4.66. The molecule has 1 saturated heterocycles. The Morgan fingerprint density at radius 3 is 2.38 bits per heavy atom. The minimum Gasteiger partial charge on any atom is -0.464 e. The summed E-state index contributed by atoms with van der Waals surface area (Å²) >= 11 is 0. The van der Waals surface area contributed by atoms with Gasteiger partial charge in [0.25, 0.3) is 0 Å². The highest BCUT2D eigenvalue weighted by molar-refractivity contribution is 5.84. The molecule has 6 heteroatoms. The molecule has 2 aliphatic rings. The molecule has 29 heavy (non-hydrogen) atoms. The Morgan fingerprint density at radius 2 is 1.83 bits per heavy atom. The quantitative estimate of drug-likeness (QED) is 0.411. The van der Waals surface area contributed by atoms with Crippen LogP contribution in [0, 0.1) is 10.8 Å². The summed E-state index contributed by atoms with van der Waals surface area (Å²) in [5.41, 5.74) is -0.902. The number of ether oxygens (including phenoxy) is 2. The summed E-state index contributed by atoms with van der Waals surface area (Å²) in [6.07, 6.45) is 5.19. The lowest BCUT2D eigenvalue weighted by molar-refractivity contribution is -0.149. The maximum atomic E-state index is 12.8. The van der Waals surface area contributed by atoms with E-state index in [4.69, 9.17) is 9.47 Å². The van der Waals surface area contributed by atoms with Gasteiger partial charge in [0.2, 0.25) is 0 Å². The van der Waals surface area contributed by atoms with Crippen LogP contribution in [0.15, 0.2) is 12.7 Å². The molecule has 1 saturated carbocycles. The van der Waals surface area contributed by atoms with Crippen LogP contribution in [0.3, 0.4) is 0 Å². The van der Waals surface area contributed by atoms with Gasteiger partial charge in [-0.25, -0.2) is 9.59 Å². The lowest BCUT2D eigenvalue weighted by Gasteiger charge is -2.29. The standard InChI is InChI=1S/C23H37NO5/c1-8-11-22(6,7)13-16(25)10-12-23-14-17(19(26)28-9-2)24(18(23)15-23)20(27)29-21(3,4)5/h8,17-18H,1,9-15H2,2-7H3/t17-,18+,23-/m0/s1. The van der Waals surface area contributed by atoms with Crippen molar-refractivity contribution in [2.45, 2.75) is 97.8 Å². The first-order valence-electron chi connectivity index (χ1n) is 10.6. The number of esters is 1. The first kappa shape index (κ1) is 23.4. The topological polar surface area (TPSA) is 72.9 Å². The van der Waals surface area contributed by atoms with Gasteiger partial charge in [-0.2, -0.15) is 0 Å². The number of ketones is 1. The third kappa shape index (κ3) is 5.83. The number of hydrogen-bond donors (Lipinski definition) is 0. The van der Waals surface area contributed by atoms with Crippen LogP contribution in [0.25, 0.3) is 0 Å². The molecule has 0 aromatic rings. The zero-order valence-corrected chi connectivity index (χ0v) is 18.9. The van der Waals surface area contributed by atoms with E-state index >= 15 is 0 Å². The van der Waals surface area contributed by atoms with E-state index in [0.717, 1.165) is 12.8 Å². The van der Waals surface area contributed by atoms with Crippen molar-refractivity contribution in [1.29, 1.82) is 0 Å². The third-order valence-corrected chi connectivity index (χ3v) is 5.86. The Balaban J connectivity index is 2.05. The fourth-order valence-electron chi connectivity index (χ4n) is 4.49. The number of allylic oxidation sites excluding steroid dienone is 1. The second kappa shape index (κ2) is 8.49. The number of carbonyl (C=O) groups is 3. The Kier molecular flexibility index (Phi) is 6.86. The average molecular weight is 408 g/mol. The van der Waals surface area contributed by atoms with Crippen molar-refractivity contribution in [3.05, 3.63) is 12.7 Å². The third-order valence-electron chi connectivity index (χ3n) is 5.86. The average Bonchev–Trinajstić information content (AvgIpc) is 3.15. The van der Waals surface area contributed by atoms with Gasteiger partial charge in [-0.05, 0) is 64.2 Å². The fraction of sp³-hybridized carbons (Fsp3) is 0.783. The van der Waals surface area contributed by atoms with Gasteiger partial charge in [0.1, 0.15) is 17.4 Å². The SMILES string of the molecule is C=CCC(C)(C)CC(=O)CC[C@@]12C[C@@H](C(=O)OCC)N(C(=O)OC(C)(C)C)[C@@H]1C2. The molecule has 6 nitrogen and oxygen atoms in total. The molecule has 1 aliphatic carbocycles. The first-order chi connectivity index (χ1) is 13.3. The van der Waals surface area contributed by atoms with E-state index in [9.17, 15) is 14.4 Å². The molecule has 0 spiro atoms. The molecule has 1 aliphatic heterocycles. The monoisotopic (exact) mass is 407 g/mol. The van der Waals surface area contributed by atoms with E-state index in [1.165, 1.54) is 0 Å². The second-order valence-corrected chi connectivity index (χ2v) is 10.3. The van der Waals surface area contributed by atoms with E-state index in [-0.39, 0.29) is 35.2 Å². The highest BCUT2D eigenvalue weighted by Crippen LogP contribution is 2.62.